The predicted octanol–water partition coefficient (Wildman–Crippen LogP) is 3.77. The Morgan fingerprint density at radius 2 is 1.76 bits per heavy atom. The summed E-state index contributed by atoms with van der Waals surface area (Å²) < 4.78 is 13.8. The van der Waals surface area contributed by atoms with Crippen LogP contribution in [0.2, 0.25) is 0 Å². The van der Waals surface area contributed by atoms with Crippen molar-refractivity contribution in [1.29, 1.82) is 0 Å². The van der Waals surface area contributed by atoms with Gasteiger partial charge in [0.05, 0.1) is 12.6 Å². The average Bonchev–Trinajstić information content (AvgIpc) is 2.53. The van der Waals surface area contributed by atoms with Gasteiger partial charge >= 0.3 is 0 Å². The highest BCUT2D eigenvalue weighted by Gasteiger charge is 2.16. The lowest BCUT2D eigenvalue weighted by Crippen LogP contribution is -2.27. The fourth-order valence-electron chi connectivity index (χ4n) is 2.46. The fraction of sp³-hybridized carbons (Fsp3) is 0.333. The molecule has 2 atom stereocenters. The van der Waals surface area contributed by atoms with Crippen molar-refractivity contribution in [3.05, 3.63) is 71.0 Å². The van der Waals surface area contributed by atoms with Gasteiger partial charge in [-0.15, -0.1) is 0 Å². The van der Waals surface area contributed by atoms with E-state index in [1.165, 1.54) is 11.6 Å². The summed E-state index contributed by atoms with van der Waals surface area (Å²) in [5, 5.41) is 12.9. The zero-order chi connectivity index (χ0) is 15.2. The molecular formula is C18H22FNO. The molecule has 3 heteroatoms. The Morgan fingerprint density at radius 3 is 2.33 bits per heavy atom. The number of benzene rings is 2. The highest BCUT2D eigenvalue weighted by atomic mass is 19.1. The van der Waals surface area contributed by atoms with Crippen molar-refractivity contribution in [3.8, 4) is 0 Å². The second kappa shape index (κ2) is 7.34. The summed E-state index contributed by atoms with van der Waals surface area (Å²) >= 11 is 0. The SMILES string of the molecule is CCc1ccc(C(CO)NC(C)c2ccccc2F)cc1. The van der Waals surface area contributed by atoms with Crippen molar-refractivity contribution in [2.45, 2.75) is 32.4 Å². The van der Waals surface area contributed by atoms with Crippen LogP contribution in [0.25, 0.3) is 0 Å². The van der Waals surface area contributed by atoms with Crippen LogP contribution in [0.3, 0.4) is 0 Å². The molecule has 0 radical (unpaired) electrons. The van der Waals surface area contributed by atoms with Gasteiger partial charge in [-0.2, -0.15) is 0 Å². The first-order valence-electron chi connectivity index (χ1n) is 7.35. The fourth-order valence-corrected chi connectivity index (χ4v) is 2.46. The van der Waals surface area contributed by atoms with E-state index in [-0.39, 0.29) is 24.5 Å². The van der Waals surface area contributed by atoms with Crippen molar-refractivity contribution in [3.63, 3.8) is 0 Å². The minimum absolute atomic E-state index is 0.0235. The number of aliphatic hydroxyl groups is 1. The standard InChI is InChI=1S/C18H22FNO/c1-3-14-8-10-15(11-9-14)18(12-21)20-13(2)16-6-4-5-7-17(16)19/h4-11,13,18,20-21H,3,12H2,1-2H3. The maximum absolute atomic E-state index is 13.8. The molecule has 0 amide bonds. The largest absolute Gasteiger partial charge is 0.394 e. The van der Waals surface area contributed by atoms with Gasteiger partial charge in [0.2, 0.25) is 0 Å². The van der Waals surface area contributed by atoms with E-state index >= 15 is 0 Å². The highest BCUT2D eigenvalue weighted by molar-refractivity contribution is 5.26. The van der Waals surface area contributed by atoms with E-state index in [0.29, 0.717) is 5.56 Å². The molecule has 0 aliphatic carbocycles. The van der Waals surface area contributed by atoms with Crippen molar-refractivity contribution in [2.75, 3.05) is 6.61 Å². The van der Waals surface area contributed by atoms with Crippen LogP contribution in [0.15, 0.2) is 48.5 Å². The van der Waals surface area contributed by atoms with E-state index < -0.39 is 0 Å². The molecule has 2 aromatic carbocycles. The third-order valence-corrected chi connectivity index (χ3v) is 3.80. The summed E-state index contributed by atoms with van der Waals surface area (Å²) in [4.78, 5) is 0. The molecule has 0 fully saturated rings. The molecule has 0 aromatic heterocycles. The Morgan fingerprint density at radius 1 is 1.10 bits per heavy atom. The van der Waals surface area contributed by atoms with Crippen LogP contribution in [0.4, 0.5) is 4.39 Å². The van der Waals surface area contributed by atoms with Crippen LogP contribution >= 0.6 is 0 Å². The molecule has 2 N–H and O–H groups in total. The van der Waals surface area contributed by atoms with Gasteiger partial charge < -0.3 is 10.4 Å². The Bertz CT molecular complexity index is 568. The topological polar surface area (TPSA) is 32.3 Å². The van der Waals surface area contributed by atoms with Gasteiger partial charge in [-0.1, -0.05) is 49.4 Å². The molecule has 0 aliphatic rings. The molecule has 112 valence electrons. The Kier molecular flexibility index (Phi) is 5.48. The first kappa shape index (κ1) is 15.7. The molecular weight excluding hydrogens is 265 g/mol. The van der Waals surface area contributed by atoms with Crippen molar-refractivity contribution >= 4 is 0 Å². The number of rotatable bonds is 6. The molecule has 2 rings (SSSR count). The van der Waals surface area contributed by atoms with Gasteiger partial charge in [-0.3, -0.25) is 0 Å². The number of aryl methyl sites for hydroxylation is 1. The average molecular weight is 287 g/mol. The number of aliphatic hydroxyl groups excluding tert-OH is 1. The molecule has 0 aliphatic heterocycles. The smallest absolute Gasteiger partial charge is 0.127 e. The molecule has 2 unspecified atom stereocenters. The monoisotopic (exact) mass is 287 g/mol. The molecule has 2 aromatic rings. The number of nitrogens with one attached hydrogen (secondary N) is 1. The van der Waals surface area contributed by atoms with Crippen molar-refractivity contribution in [1.82, 2.24) is 5.32 Å². The van der Waals surface area contributed by atoms with Crippen molar-refractivity contribution < 1.29 is 9.50 Å². The molecule has 2 nitrogen and oxygen atoms in total. The third-order valence-electron chi connectivity index (χ3n) is 3.80. The highest BCUT2D eigenvalue weighted by Crippen LogP contribution is 2.21. The van der Waals surface area contributed by atoms with Crippen LogP contribution in [-0.4, -0.2) is 11.7 Å². The van der Waals surface area contributed by atoms with Gasteiger partial charge in [-0.05, 0) is 30.5 Å². The van der Waals surface area contributed by atoms with Gasteiger partial charge in [0.15, 0.2) is 0 Å². The second-order valence-electron chi connectivity index (χ2n) is 5.24. The van der Waals surface area contributed by atoms with Gasteiger partial charge in [-0.25, -0.2) is 4.39 Å². The van der Waals surface area contributed by atoms with Crippen LogP contribution in [0.5, 0.6) is 0 Å². The molecule has 0 saturated carbocycles. The number of hydrogen-bond donors (Lipinski definition) is 2. The molecule has 0 saturated heterocycles. The van der Waals surface area contributed by atoms with Gasteiger partial charge in [0, 0.05) is 11.6 Å². The van der Waals surface area contributed by atoms with E-state index in [9.17, 15) is 9.50 Å². The van der Waals surface area contributed by atoms with E-state index in [2.05, 4.69) is 24.4 Å². The number of halogens is 1. The zero-order valence-corrected chi connectivity index (χ0v) is 12.5. The van der Waals surface area contributed by atoms with E-state index in [1.807, 2.05) is 25.1 Å². The normalized spacial score (nSPS) is 13.9. The van der Waals surface area contributed by atoms with E-state index in [1.54, 1.807) is 12.1 Å². The predicted molar refractivity (Wildman–Crippen MR) is 83.6 cm³/mol. The maximum atomic E-state index is 13.8. The summed E-state index contributed by atoms with van der Waals surface area (Å²) in [6.07, 6.45) is 0.989. The lowest BCUT2D eigenvalue weighted by molar-refractivity contribution is 0.234. The Balaban J connectivity index is 2.13. The molecule has 0 heterocycles. The molecule has 21 heavy (non-hydrogen) atoms. The Labute approximate surface area is 125 Å². The first-order chi connectivity index (χ1) is 10.2. The van der Waals surface area contributed by atoms with Crippen LogP contribution in [0, 0.1) is 5.82 Å². The van der Waals surface area contributed by atoms with Crippen LogP contribution in [-0.2, 0) is 6.42 Å². The van der Waals surface area contributed by atoms with E-state index in [4.69, 9.17) is 0 Å². The first-order valence-corrected chi connectivity index (χ1v) is 7.35. The molecule has 0 spiro atoms. The summed E-state index contributed by atoms with van der Waals surface area (Å²) in [6.45, 7) is 3.99. The van der Waals surface area contributed by atoms with E-state index in [0.717, 1.165) is 12.0 Å². The summed E-state index contributed by atoms with van der Waals surface area (Å²) in [7, 11) is 0. The second-order valence-corrected chi connectivity index (χ2v) is 5.24. The summed E-state index contributed by atoms with van der Waals surface area (Å²) in [5.74, 6) is -0.226. The minimum Gasteiger partial charge on any atom is -0.394 e. The van der Waals surface area contributed by atoms with Gasteiger partial charge in [0.25, 0.3) is 0 Å². The zero-order valence-electron chi connectivity index (χ0n) is 12.5. The summed E-state index contributed by atoms with van der Waals surface area (Å²) in [5.41, 5.74) is 2.89. The lowest BCUT2D eigenvalue weighted by atomic mass is 10.0. The number of hydrogen-bond acceptors (Lipinski definition) is 2. The quantitative estimate of drug-likeness (QED) is 0.847. The molecule has 0 bridgehead atoms. The Hall–Kier alpha value is -1.71. The lowest BCUT2D eigenvalue weighted by Gasteiger charge is -2.23. The maximum Gasteiger partial charge on any atom is 0.127 e. The van der Waals surface area contributed by atoms with Crippen LogP contribution < -0.4 is 5.32 Å². The third kappa shape index (κ3) is 3.90. The minimum atomic E-state index is -0.226. The van der Waals surface area contributed by atoms with Crippen molar-refractivity contribution in [2.24, 2.45) is 0 Å². The van der Waals surface area contributed by atoms with Gasteiger partial charge in [0.1, 0.15) is 5.82 Å². The van der Waals surface area contributed by atoms with Crippen LogP contribution in [0.1, 0.15) is 42.6 Å². The summed E-state index contributed by atoms with van der Waals surface area (Å²) in [6, 6.07) is 14.5.